The Bertz CT molecular complexity index is 522. The highest BCUT2D eigenvalue weighted by Gasteiger charge is 2.24. The molecule has 0 aliphatic heterocycles. The lowest BCUT2D eigenvalue weighted by molar-refractivity contribution is 0.219. The molecule has 0 saturated heterocycles. The van der Waals surface area contributed by atoms with Crippen molar-refractivity contribution in [3.8, 4) is 0 Å². The fraction of sp³-hybridized carbons (Fsp3) is 0.625. The predicted molar refractivity (Wildman–Crippen MR) is 93.4 cm³/mol. The molecule has 0 fully saturated rings. The molecule has 1 aromatic rings. The van der Waals surface area contributed by atoms with Crippen molar-refractivity contribution in [3.63, 3.8) is 0 Å². The first-order valence-electron chi connectivity index (χ1n) is 7.93. The molecule has 0 unspecified atom stereocenters. The van der Waals surface area contributed by atoms with Gasteiger partial charge >= 0.3 is 7.60 Å². The predicted octanol–water partition coefficient (Wildman–Crippen LogP) is 5.36. The minimum atomic E-state index is -3.06. The van der Waals surface area contributed by atoms with Gasteiger partial charge in [-0.15, -0.1) is 0 Å². The average Bonchev–Trinajstić information content (AvgIpc) is 2.49. The lowest BCUT2D eigenvalue weighted by Crippen LogP contribution is -1.99. The molecule has 6 heteroatoms. The van der Waals surface area contributed by atoms with Crippen LogP contribution in [0, 0.1) is 0 Å². The fourth-order valence-corrected chi connectivity index (χ4v) is 5.75. The summed E-state index contributed by atoms with van der Waals surface area (Å²) in [5.74, 6) is 0. The Hall–Kier alpha value is -0.400. The van der Waals surface area contributed by atoms with E-state index in [1.54, 1.807) is 0 Å². The SMILES string of the molecule is CCOP(=O)(Cc1ccc(CP(=O)(CC)CC)cc1)OCC. The Kier molecular flexibility index (Phi) is 8.07. The Balaban J connectivity index is 2.80. The van der Waals surface area contributed by atoms with Crippen molar-refractivity contribution in [1.82, 2.24) is 0 Å². The highest BCUT2D eigenvalue weighted by molar-refractivity contribution is 7.63. The van der Waals surface area contributed by atoms with Gasteiger partial charge in [-0.3, -0.25) is 4.57 Å². The Morgan fingerprint density at radius 3 is 1.55 bits per heavy atom. The lowest BCUT2D eigenvalue weighted by Gasteiger charge is -2.17. The molecule has 4 nitrogen and oxygen atoms in total. The van der Waals surface area contributed by atoms with E-state index in [1.807, 2.05) is 52.0 Å². The normalized spacial score (nSPS) is 12.5. The summed E-state index contributed by atoms with van der Waals surface area (Å²) in [7, 11) is -5.15. The summed E-state index contributed by atoms with van der Waals surface area (Å²) in [5, 5.41) is 0. The molecule has 0 heterocycles. The molecule has 22 heavy (non-hydrogen) atoms. The van der Waals surface area contributed by atoms with Crippen molar-refractivity contribution >= 4 is 14.7 Å². The summed E-state index contributed by atoms with van der Waals surface area (Å²) in [6, 6.07) is 7.79. The molecule has 0 amide bonds. The molecule has 1 aromatic carbocycles. The molecule has 0 N–H and O–H groups in total. The van der Waals surface area contributed by atoms with Crippen molar-refractivity contribution in [2.45, 2.75) is 40.0 Å². The molecular weight excluding hydrogens is 318 g/mol. The van der Waals surface area contributed by atoms with E-state index in [1.165, 1.54) is 0 Å². The third-order valence-corrected chi connectivity index (χ3v) is 8.98. The highest BCUT2D eigenvalue weighted by atomic mass is 31.2. The van der Waals surface area contributed by atoms with E-state index in [0.29, 0.717) is 19.4 Å². The summed E-state index contributed by atoms with van der Waals surface area (Å²) >= 11 is 0. The van der Waals surface area contributed by atoms with E-state index in [9.17, 15) is 9.13 Å². The zero-order chi connectivity index (χ0) is 16.6. The van der Waals surface area contributed by atoms with E-state index in [0.717, 1.165) is 23.5 Å². The number of benzene rings is 1. The second kappa shape index (κ2) is 9.03. The molecule has 0 saturated carbocycles. The molecule has 0 aromatic heterocycles. The van der Waals surface area contributed by atoms with Crippen LogP contribution in [0.3, 0.4) is 0 Å². The smallest absolute Gasteiger partial charge is 0.323 e. The monoisotopic (exact) mass is 346 g/mol. The van der Waals surface area contributed by atoms with Gasteiger partial charge in [-0.1, -0.05) is 38.1 Å². The summed E-state index contributed by atoms with van der Waals surface area (Å²) in [5.41, 5.74) is 1.98. The summed E-state index contributed by atoms with van der Waals surface area (Å²) < 4.78 is 35.6. The van der Waals surface area contributed by atoms with E-state index in [-0.39, 0.29) is 6.16 Å². The molecule has 0 aliphatic rings. The molecule has 0 spiro atoms. The zero-order valence-corrected chi connectivity index (χ0v) is 15.9. The first-order chi connectivity index (χ1) is 10.4. The van der Waals surface area contributed by atoms with Gasteiger partial charge in [0.1, 0.15) is 0 Å². The second-order valence-corrected chi connectivity index (χ2v) is 11.0. The largest absolute Gasteiger partial charge is 0.335 e. The Morgan fingerprint density at radius 2 is 1.18 bits per heavy atom. The maximum atomic E-state index is 12.5. The number of hydrogen-bond donors (Lipinski definition) is 0. The van der Waals surface area contributed by atoms with Gasteiger partial charge in [0.05, 0.1) is 26.5 Å². The first-order valence-corrected chi connectivity index (χ1v) is 11.9. The third-order valence-electron chi connectivity index (χ3n) is 3.67. The maximum absolute atomic E-state index is 12.5. The first kappa shape index (κ1) is 19.6. The third kappa shape index (κ3) is 6.01. The molecule has 0 radical (unpaired) electrons. The van der Waals surface area contributed by atoms with Gasteiger partial charge in [0.15, 0.2) is 0 Å². The van der Waals surface area contributed by atoms with E-state index < -0.39 is 14.7 Å². The van der Waals surface area contributed by atoms with Gasteiger partial charge < -0.3 is 13.6 Å². The van der Waals surface area contributed by atoms with Gasteiger partial charge in [-0.2, -0.15) is 0 Å². The van der Waals surface area contributed by atoms with Crippen molar-refractivity contribution in [2.24, 2.45) is 0 Å². The van der Waals surface area contributed by atoms with Gasteiger partial charge in [0.2, 0.25) is 0 Å². The zero-order valence-electron chi connectivity index (χ0n) is 14.1. The maximum Gasteiger partial charge on any atom is 0.335 e. The minimum Gasteiger partial charge on any atom is -0.323 e. The summed E-state index contributed by atoms with van der Waals surface area (Å²) in [6.45, 7) is 8.32. The van der Waals surface area contributed by atoms with Crippen molar-refractivity contribution < 1.29 is 18.2 Å². The molecule has 0 atom stereocenters. The fourth-order valence-electron chi connectivity index (χ4n) is 2.28. The molecule has 126 valence electrons. The van der Waals surface area contributed by atoms with Crippen molar-refractivity contribution in [1.29, 1.82) is 0 Å². The topological polar surface area (TPSA) is 52.6 Å². The van der Waals surface area contributed by atoms with Crippen LogP contribution < -0.4 is 0 Å². The molecule has 1 rings (SSSR count). The Morgan fingerprint density at radius 1 is 0.773 bits per heavy atom. The minimum absolute atomic E-state index is 0.272. The second-order valence-electron chi connectivity index (χ2n) is 5.27. The summed E-state index contributed by atoms with van der Waals surface area (Å²) in [4.78, 5) is 0. The van der Waals surface area contributed by atoms with Crippen LogP contribution in [0.15, 0.2) is 24.3 Å². The van der Waals surface area contributed by atoms with Crippen LogP contribution in [0.4, 0.5) is 0 Å². The standard InChI is InChI=1S/C16H28O4P2/c1-5-19-22(18,20-6-2)14-16-11-9-15(10-12-16)13-21(17,7-3)8-4/h9-12H,5-8,13-14H2,1-4H3. The van der Waals surface area contributed by atoms with E-state index in [2.05, 4.69) is 0 Å². The highest BCUT2D eigenvalue weighted by Crippen LogP contribution is 2.51. The molecule has 0 bridgehead atoms. The van der Waals surface area contributed by atoms with Crippen LogP contribution in [0.5, 0.6) is 0 Å². The number of rotatable bonds is 10. The van der Waals surface area contributed by atoms with Crippen LogP contribution in [0.25, 0.3) is 0 Å². The van der Waals surface area contributed by atoms with Gasteiger partial charge in [-0.05, 0) is 37.3 Å². The van der Waals surface area contributed by atoms with E-state index >= 15 is 0 Å². The van der Waals surface area contributed by atoms with Crippen molar-refractivity contribution in [2.75, 3.05) is 25.5 Å². The van der Waals surface area contributed by atoms with Crippen LogP contribution in [0.1, 0.15) is 38.8 Å². The summed E-state index contributed by atoms with van der Waals surface area (Å²) in [6.07, 6.45) is 2.37. The molecular formula is C16H28O4P2. The number of hydrogen-bond acceptors (Lipinski definition) is 4. The van der Waals surface area contributed by atoms with E-state index in [4.69, 9.17) is 9.05 Å². The van der Waals surface area contributed by atoms with Gasteiger partial charge in [-0.25, -0.2) is 0 Å². The lowest BCUT2D eigenvalue weighted by atomic mass is 10.2. The molecule has 0 aliphatic carbocycles. The van der Waals surface area contributed by atoms with Crippen LogP contribution in [-0.2, 0) is 30.5 Å². The quantitative estimate of drug-likeness (QED) is 0.536. The van der Waals surface area contributed by atoms with Crippen LogP contribution in [-0.4, -0.2) is 25.5 Å². The van der Waals surface area contributed by atoms with Crippen LogP contribution >= 0.6 is 14.7 Å². The Labute approximate surface area is 134 Å². The average molecular weight is 346 g/mol. The van der Waals surface area contributed by atoms with Crippen LogP contribution in [0.2, 0.25) is 0 Å². The van der Waals surface area contributed by atoms with Crippen molar-refractivity contribution in [3.05, 3.63) is 35.4 Å². The van der Waals surface area contributed by atoms with Gasteiger partial charge in [0.25, 0.3) is 0 Å². The van der Waals surface area contributed by atoms with Gasteiger partial charge in [0, 0.05) is 6.16 Å².